The lowest BCUT2D eigenvalue weighted by atomic mass is 10.2. The first-order valence-corrected chi connectivity index (χ1v) is 8.52. The van der Waals surface area contributed by atoms with Crippen molar-refractivity contribution in [3.05, 3.63) is 29.1 Å². The second-order valence-electron chi connectivity index (χ2n) is 4.28. The van der Waals surface area contributed by atoms with E-state index in [1.165, 1.54) is 20.3 Å². The van der Waals surface area contributed by atoms with Gasteiger partial charge in [0, 0.05) is 0 Å². The molecule has 0 spiro atoms. The van der Waals surface area contributed by atoms with E-state index in [2.05, 4.69) is 0 Å². The quantitative estimate of drug-likeness (QED) is 0.542. The smallest absolute Gasteiger partial charge is 0.368 e. The van der Waals surface area contributed by atoms with Crippen LogP contribution < -0.4 is 9.47 Å². The highest BCUT2D eigenvalue weighted by Crippen LogP contribution is 2.56. The molecular weight excluding hydrogens is 323 g/mol. The number of hydrogen-bond acceptors (Lipinski definition) is 6. The Bertz CT molecular complexity index is 614. The van der Waals surface area contributed by atoms with Gasteiger partial charge in [0.1, 0.15) is 5.31 Å². The Morgan fingerprint density at radius 3 is 2.13 bits per heavy atom. The van der Waals surface area contributed by atoms with Crippen LogP contribution in [-0.4, -0.2) is 38.5 Å². The molecule has 0 saturated heterocycles. The predicted molar refractivity (Wildman–Crippen MR) is 86.0 cm³/mol. The monoisotopic (exact) mass is 344 g/mol. The Labute approximate surface area is 135 Å². The average Bonchev–Trinajstić information content (AvgIpc) is 2.52. The molecule has 0 saturated carbocycles. The van der Waals surface area contributed by atoms with E-state index in [4.69, 9.17) is 18.5 Å². The zero-order valence-corrected chi connectivity index (χ0v) is 14.5. The van der Waals surface area contributed by atoms with E-state index in [-0.39, 0.29) is 13.2 Å². The normalized spacial score (nSPS) is 12.1. The van der Waals surface area contributed by atoms with Crippen LogP contribution in [0.3, 0.4) is 0 Å². The van der Waals surface area contributed by atoms with Crippen LogP contribution in [0.4, 0.5) is 0 Å². The van der Waals surface area contributed by atoms with Crippen molar-refractivity contribution in [1.82, 2.24) is 0 Å². The lowest BCUT2D eigenvalue weighted by molar-refractivity contribution is -0.132. The first kappa shape index (κ1) is 19.2. The number of carboxylic acid groups (broad SMARTS) is 1. The lowest BCUT2D eigenvalue weighted by Crippen LogP contribution is -2.07. The minimum atomic E-state index is -3.90. The first-order valence-electron chi connectivity index (χ1n) is 6.98. The SMILES string of the molecule is CCOP(=O)(OCC)/C(=C/c1ccc(OC)c(OC)c1)C(=O)O. The van der Waals surface area contributed by atoms with Crippen LogP contribution >= 0.6 is 7.60 Å². The fourth-order valence-electron chi connectivity index (χ4n) is 1.87. The van der Waals surface area contributed by atoms with Gasteiger partial charge in [-0.15, -0.1) is 0 Å². The molecule has 1 aromatic rings. The van der Waals surface area contributed by atoms with Gasteiger partial charge in [0.25, 0.3) is 0 Å². The second-order valence-corrected chi connectivity index (χ2v) is 6.28. The van der Waals surface area contributed by atoms with Crippen molar-refractivity contribution < 1.29 is 33.0 Å². The number of ether oxygens (including phenoxy) is 2. The summed E-state index contributed by atoms with van der Waals surface area (Å²) in [6, 6.07) is 4.81. The molecule has 0 aliphatic carbocycles. The molecule has 1 aromatic carbocycles. The zero-order chi connectivity index (χ0) is 17.5. The van der Waals surface area contributed by atoms with Crippen molar-refractivity contribution in [2.75, 3.05) is 27.4 Å². The van der Waals surface area contributed by atoms with E-state index in [1.807, 2.05) is 0 Å². The third-order valence-electron chi connectivity index (χ3n) is 2.82. The van der Waals surface area contributed by atoms with Gasteiger partial charge in [-0.25, -0.2) is 4.79 Å². The van der Waals surface area contributed by atoms with E-state index < -0.39 is 18.9 Å². The molecule has 0 fully saturated rings. The molecule has 1 N–H and O–H groups in total. The molecule has 0 amide bonds. The summed E-state index contributed by atoms with van der Waals surface area (Å²) in [6.45, 7) is 3.35. The number of benzene rings is 1. The van der Waals surface area contributed by atoms with Crippen LogP contribution in [0.25, 0.3) is 6.08 Å². The molecule has 0 aromatic heterocycles. The van der Waals surface area contributed by atoms with Gasteiger partial charge in [-0.2, -0.15) is 0 Å². The van der Waals surface area contributed by atoms with Crippen LogP contribution in [0.5, 0.6) is 11.5 Å². The third-order valence-corrected chi connectivity index (χ3v) is 4.93. The highest BCUT2D eigenvalue weighted by atomic mass is 31.2. The van der Waals surface area contributed by atoms with Gasteiger partial charge < -0.3 is 23.6 Å². The minimum Gasteiger partial charge on any atom is -0.493 e. The van der Waals surface area contributed by atoms with Crippen LogP contribution in [0, 0.1) is 0 Å². The van der Waals surface area contributed by atoms with Gasteiger partial charge >= 0.3 is 13.6 Å². The molecular formula is C15H21O7P. The van der Waals surface area contributed by atoms with Crippen molar-refractivity contribution in [3.63, 3.8) is 0 Å². The van der Waals surface area contributed by atoms with Crippen LogP contribution in [-0.2, 0) is 18.4 Å². The maximum atomic E-state index is 12.7. The summed E-state index contributed by atoms with van der Waals surface area (Å²) in [7, 11) is -0.942. The molecule has 0 bridgehead atoms. The number of methoxy groups -OCH3 is 2. The number of hydrogen-bond donors (Lipinski definition) is 1. The molecule has 0 heterocycles. The first-order chi connectivity index (χ1) is 10.9. The molecule has 0 aliphatic heterocycles. The fraction of sp³-hybridized carbons (Fsp3) is 0.400. The van der Waals surface area contributed by atoms with Crippen molar-refractivity contribution in [2.24, 2.45) is 0 Å². The van der Waals surface area contributed by atoms with Crippen LogP contribution in [0.15, 0.2) is 23.5 Å². The maximum absolute atomic E-state index is 12.7. The Morgan fingerprint density at radius 2 is 1.70 bits per heavy atom. The van der Waals surface area contributed by atoms with E-state index in [1.54, 1.807) is 32.0 Å². The number of aliphatic carboxylic acids is 1. The standard InChI is InChI=1S/C15H21O7P/c1-5-21-23(18,22-6-2)14(15(16)17)10-11-7-8-12(19-3)13(9-11)20-4/h7-10H,5-6H2,1-4H3,(H,16,17)/b14-10+. The minimum absolute atomic E-state index is 0.0633. The number of carboxylic acids is 1. The molecule has 23 heavy (non-hydrogen) atoms. The largest absolute Gasteiger partial charge is 0.493 e. The highest BCUT2D eigenvalue weighted by Gasteiger charge is 2.34. The summed E-state index contributed by atoms with van der Waals surface area (Å²) in [5.41, 5.74) is 0.472. The van der Waals surface area contributed by atoms with Crippen LogP contribution in [0.1, 0.15) is 19.4 Å². The van der Waals surface area contributed by atoms with Crippen LogP contribution in [0.2, 0.25) is 0 Å². The van der Waals surface area contributed by atoms with Gasteiger partial charge in [0.2, 0.25) is 0 Å². The fourth-order valence-corrected chi connectivity index (χ4v) is 3.45. The van der Waals surface area contributed by atoms with Crippen molar-refractivity contribution in [1.29, 1.82) is 0 Å². The Hall–Kier alpha value is -1.82. The zero-order valence-electron chi connectivity index (χ0n) is 13.6. The summed E-state index contributed by atoms with van der Waals surface area (Å²) in [6.07, 6.45) is 1.25. The summed E-state index contributed by atoms with van der Waals surface area (Å²) in [5, 5.41) is 8.96. The molecule has 0 radical (unpaired) electrons. The summed E-state index contributed by atoms with van der Waals surface area (Å²) in [4.78, 5) is 11.5. The van der Waals surface area contributed by atoms with Gasteiger partial charge in [-0.3, -0.25) is 4.57 Å². The van der Waals surface area contributed by atoms with E-state index in [0.29, 0.717) is 17.1 Å². The number of rotatable bonds is 9. The lowest BCUT2D eigenvalue weighted by Gasteiger charge is -2.17. The maximum Gasteiger partial charge on any atom is 0.368 e. The molecule has 8 heteroatoms. The summed E-state index contributed by atoms with van der Waals surface area (Å²) < 4.78 is 33.2. The topological polar surface area (TPSA) is 91.3 Å². The number of carbonyl (C=O) groups is 1. The summed E-state index contributed by atoms with van der Waals surface area (Å²) in [5.74, 6) is -0.446. The Morgan fingerprint density at radius 1 is 1.13 bits per heavy atom. The molecule has 0 aliphatic rings. The van der Waals surface area contributed by atoms with E-state index in [9.17, 15) is 14.5 Å². The van der Waals surface area contributed by atoms with Crippen molar-refractivity contribution >= 4 is 19.6 Å². The highest BCUT2D eigenvalue weighted by molar-refractivity contribution is 7.60. The van der Waals surface area contributed by atoms with E-state index >= 15 is 0 Å². The van der Waals surface area contributed by atoms with E-state index in [0.717, 1.165) is 0 Å². The summed E-state index contributed by atoms with van der Waals surface area (Å²) >= 11 is 0. The molecule has 0 unspecified atom stereocenters. The third kappa shape index (κ3) is 4.82. The Balaban J connectivity index is 3.37. The van der Waals surface area contributed by atoms with Gasteiger partial charge in [-0.1, -0.05) is 6.07 Å². The molecule has 7 nitrogen and oxygen atoms in total. The molecule has 128 valence electrons. The second kappa shape index (κ2) is 8.72. The van der Waals surface area contributed by atoms with Crippen molar-refractivity contribution in [2.45, 2.75) is 13.8 Å². The van der Waals surface area contributed by atoms with Gasteiger partial charge in [-0.05, 0) is 37.6 Å². The molecule has 1 rings (SSSR count). The average molecular weight is 344 g/mol. The van der Waals surface area contributed by atoms with Crippen molar-refractivity contribution in [3.8, 4) is 11.5 Å². The van der Waals surface area contributed by atoms with Gasteiger partial charge in [0.15, 0.2) is 11.5 Å². The van der Waals surface area contributed by atoms with Gasteiger partial charge in [0.05, 0.1) is 27.4 Å². The Kier molecular flexibility index (Phi) is 7.29. The predicted octanol–water partition coefficient (Wildman–Crippen LogP) is 3.40. The molecule has 0 atom stereocenters.